The van der Waals surface area contributed by atoms with E-state index in [9.17, 15) is 25.0 Å². The number of non-ortho nitro benzene ring substituents is 2. The highest BCUT2D eigenvalue weighted by Gasteiger charge is 2.45. The van der Waals surface area contributed by atoms with E-state index >= 15 is 0 Å². The maximum atomic E-state index is 12.6. The molecule has 34 heavy (non-hydrogen) atoms. The largest absolute Gasteiger partial charge is 0.298 e. The van der Waals surface area contributed by atoms with E-state index in [1.165, 1.54) is 36.2 Å². The van der Waals surface area contributed by atoms with Crippen LogP contribution in [0.2, 0.25) is 0 Å². The second-order valence-corrected chi connectivity index (χ2v) is 8.51. The van der Waals surface area contributed by atoms with E-state index in [-0.39, 0.29) is 23.2 Å². The van der Waals surface area contributed by atoms with E-state index in [0.717, 1.165) is 24.3 Å². The van der Waals surface area contributed by atoms with Crippen molar-refractivity contribution in [2.75, 3.05) is 19.6 Å². The molecule has 0 aromatic heterocycles. The minimum atomic E-state index is -0.472. The van der Waals surface area contributed by atoms with Crippen molar-refractivity contribution in [2.24, 2.45) is 11.0 Å². The van der Waals surface area contributed by atoms with Crippen molar-refractivity contribution in [3.63, 3.8) is 0 Å². The van der Waals surface area contributed by atoms with Gasteiger partial charge in [0.15, 0.2) is 0 Å². The summed E-state index contributed by atoms with van der Waals surface area (Å²) in [4.78, 5) is 36.5. The number of nitro benzene ring substituents is 2. The molecular formula is C24H25N5O5. The van der Waals surface area contributed by atoms with E-state index in [2.05, 4.69) is 16.9 Å². The third kappa shape index (κ3) is 4.58. The van der Waals surface area contributed by atoms with Crippen LogP contribution in [0.25, 0.3) is 6.08 Å². The molecule has 0 bridgehead atoms. The van der Waals surface area contributed by atoms with Gasteiger partial charge in [-0.1, -0.05) is 31.2 Å². The molecule has 0 radical (unpaired) electrons. The van der Waals surface area contributed by atoms with Gasteiger partial charge in [0.25, 0.3) is 11.4 Å². The van der Waals surface area contributed by atoms with Crippen LogP contribution in [0, 0.1) is 26.1 Å². The Labute approximate surface area is 196 Å². The average molecular weight is 463 g/mol. The Morgan fingerprint density at radius 3 is 2.44 bits per heavy atom. The fraction of sp³-hybridized carbons (Fsp3) is 0.333. The highest BCUT2D eigenvalue weighted by Crippen LogP contribution is 2.41. The fourth-order valence-electron chi connectivity index (χ4n) is 4.72. The quantitative estimate of drug-likeness (QED) is 0.468. The molecule has 10 heteroatoms. The van der Waals surface area contributed by atoms with Crippen molar-refractivity contribution < 1.29 is 14.6 Å². The highest BCUT2D eigenvalue weighted by atomic mass is 16.6. The summed E-state index contributed by atoms with van der Waals surface area (Å²) in [5.74, 6) is -0.439. The average Bonchev–Trinajstić information content (AvgIpc) is 3.20. The third-order valence-corrected chi connectivity index (χ3v) is 6.10. The van der Waals surface area contributed by atoms with Crippen LogP contribution in [0.15, 0.2) is 59.2 Å². The van der Waals surface area contributed by atoms with E-state index in [1.54, 1.807) is 24.3 Å². The van der Waals surface area contributed by atoms with Gasteiger partial charge >= 0.3 is 0 Å². The minimum absolute atomic E-state index is 0.000295. The first kappa shape index (κ1) is 23.2. The number of nitrogens with zero attached hydrogens (tertiary/aromatic N) is 5. The molecule has 2 aromatic rings. The van der Waals surface area contributed by atoms with Crippen LogP contribution < -0.4 is 0 Å². The van der Waals surface area contributed by atoms with Crippen LogP contribution >= 0.6 is 0 Å². The number of benzene rings is 2. The van der Waals surface area contributed by atoms with Crippen LogP contribution in [0.3, 0.4) is 0 Å². The van der Waals surface area contributed by atoms with Gasteiger partial charge in [-0.3, -0.25) is 29.9 Å². The van der Waals surface area contributed by atoms with Crippen molar-refractivity contribution in [2.45, 2.75) is 26.3 Å². The molecule has 4 rings (SSSR count). The number of hydrazone groups is 1. The lowest BCUT2D eigenvalue weighted by molar-refractivity contribution is -0.385. The molecule has 2 heterocycles. The van der Waals surface area contributed by atoms with Crippen molar-refractivity contribution in [1.29, 1.82) is 0 Å². The lowest BCUT2D eigenvalue weighted by Gasteiger charge is -2.36. The first-order chi connectivity index (χ1) is 16.3. The third-order valence-electron chi connectivity index (χ3n) is 6.10. The van der Waals surface area contributed by atoms with E-state index in [0.29, 0.717) is 24.2 Å². The molecule has 0 spiro atoms. The van der Waals surface area contributed by atoms with Gasteiger partial charge in [0.05, 0.1) is 21.6 Å². The number of nitro groups is 2. The predicted octanol–water partition coefficient (Wildman–Crippen LogP) is 4.19. The topological polar surface area (TPSA) is 122 Å². The molecule has 1 amide bonds. The molecule has 176 valence electrons. The Morgan fingerprint density at radius 1 is 1.12 bits per heavy atom. The summed E-state index contributed by atoms with van der Waals surface area (Å²) in [6, 6.07) is 12.3. The van der Waals surface area contributed by atoms with Crippen molar-refractivity contribution in [3.05, 3.63) is 85.5 Å². The monoisotopic (exact) mass is 463 g/mol. The summed E-state index contributed by atoms with van der Waals surface area (Å²) in [6.45, 7) is 5.59. The van der Waals surface area contributed by atoms with Crippen LogP contribution in [0.1, 0.15) is 37.4 Å². The second-order valence-electron chi connectivity index (χ2n) is 8.51. The van der Waals surface area contributed by atoms with E-state index in [1.807, 2.05) is 6.08 Å². The first-order valence-electron chi connectivity index (χ1n) is 11.1. The van der Waals surface area contributed by atoms with Crippen LogP contribution in [0.4, 0.5) is 11.4 Å². The molecule has 0 N–H and O–H groups in total. The Bertz CT molecular complexity index is 1210. The van der Waals surface area contributed by atoms with Crippen molar-refractivity contribution in [3.8, 4) is 0 Å². The molecule has 2 atom stereocenters. The lowest BCUT2D eigenvalue weighted by Crippen LogP contribution is -2.44. The molecular weight excluding hydrogens is 438 g/mol. The maximum Gasteiger partial charge on any atom is 0.270 e. The number of fused-ring (bicyclic) bond motifs is 1. The molecule has 2 aliphatic rings. The molecule has 2 aliphatic heterocycles. The number of likely N-dealkylation sites (tertiary alicyclic amines) is 1. The lowest BCUT2D eigenvalue weighted by atomic mass is 9.83. The maximum absolute atomic E-state index is 12.6. The number of carbonyl (C=O) groups excluding carboxylic acids is 1. The standard InChI is InChI=1S/C24H25N5O5/c1-3-10-26-14-19(11-17-6-4-8-20(12-17)28(31)32)23-22(15-26)24(27(25-23)16(2)30)18-7-5-9-21(13-18)29(33)34/h4-9,11-13,22,24H,3,10,14-15H2,1-2H3/b19-11+. The Kier molecular flexibility index (Phi) is 6.51. The molecule has 10 nitrogen and oxygen atoms in total. The molecule has 2 unspecified atom stereocenters. The zero-order chi connectivity index (χ0) is 24.4. The summed E-state index contributed by atoms with van der Waals surface area (Å²) in [5.41, 5.74) is 2.91. The summed E-state index contributed by atoms with van der Waals surface area (Å²) in [6.07, 6.45) is 2.82. The van der Waals surface area contributed by atoms with Gasteiger partial charge in [-0.2, -0.15) is 5.10 Å². The number of piperidine rings is 1. The van der Waals surface area contributed by atoms with Gasteiger partial charge in [0.1, 0.15) is 0 Å². The Balaban J connectivity index is 1.79. The first-order valence-corrected chi connectivity index (χ1v) is 11.1. The van der Waals surface area contributed by atoms with Crippen molar-refractivity contribution in [1.82, 2.24) is 9.91 Å². The zero-order valence-electron chi connectivity index (χ0n) is 19.0. The van der Waals surface area contributed by atoms with Gasteiger partial charge in [-0.25, -0.2) is 5.01 Å². The SMILES string of the molecule is CCCN1C/C(=C\c2cccc([N+](=O)[O-])c2)C2=NN(C(C)=O)C(c3cccc([N+](=O)[O-])c3)C2C1. The molecule has 0 aliphatic carbocycles. The predicted molar refractivity (Wildman–Crippen MR) is 127 cm³/mol. The number of rotatable bonds is 6. The van der Waals surface area contributed by atoms with Crippen LogP contribution in [-0.2, 0) is 4.79 Å². The summed E-state index contributed by atoms with van der Waals surface area (Å²) >= 11 is 0. The van der Waals surface area contributed by atoms with E-state index < -0.39 is 15.9 Å². The Morgan fingerprint density at radius 2 is 1.79 bits per heavy atom. The van der Waals surface area contributed by atoms with Crippen LogP contribution in [0.5, 0.6) is 0 Å². The fourth-order valence-corrected chi connectivity index (χ4v) is 4.72. The normalized spacial score (nSPS) is 21.3. The van der Waals surface area contributed by atoms with Crippen LogP contribution in [-0.4, -0.2) is 51.0 Å². The molecule has 2 aromatic carbocycles. The van der Waals surface area contributed by atoms with Gasteiger partial charge in [-0.15, -0.1) is 0 Å². The summed E-state index contributed by atoms with van der Waals surface area (Å²) < 4.78 is 0. The van der Waals surface area contributed by atoms with Gasteiger partial charge in [-0.05, 0) is 35.7 Å². The molecule has 0 saturated carbocycles. The van der Waals surface area contributed by atoms with Gasteiger partial charge in [0, 0.05) is 50.2 Å². The molecule has 1 fully saturated rings. The number of amides is 1. The smallest absolute Gasteiger partial charge is 0.270 e. The van der Waals surface area contributed by atoms with Gasteiger partial charge < -0.3 is 0 Å². The number of hydrogen-bond donors (Lipinski definition) is 0. The zero-order valence-corrected chi connectivity index (χ0v) is 19.0. The highest BCUT2D eigenvalue weighted by molar-refractivity contribution is 6.08. The van der Waals surface area contributed by atoms with Gasteiger partial charge in [0.2, 0.25) is 5.91 Å². The second kappa shape index (κ2) is 9.52. The Hall–Kier alpha value is -3.92. The summed E-state index contributed by atoms with van der Waals surface area (Å²) in [7, 11) is 0. The van der Waals surface area contributed by atoms with Crippen molar-refractivity contribution >= 4 is 29.1 Å². The minimum Gasteiger partial charge on any atom is -0.298 e. The number of carbonyl (C=O) groups is 1. The summed E-state index contributed by atoms with van der Waals surface area (Å²) in [5, 5.41) is 28.7. The molecule has 1 saturated heterocycles. The number of hydrogen-bond acceptors (Lipinski definition) is 7. The van der Waals surface area contributed by atoms with E-state index in [4.69, 9.17) is 0 Å².